The SMILES string of the molecule is COc1ccc(S(=O)(=O)N(C)c2ccccc2Br)cc1Br. The van der Waals surface area contributed by atoms with Gasteiger partial charge >= 0.3 is 0 Å². The Kier molecular flexibility index (Phi) is 4.95. The number of rotatable bonds is 4. The normalized spacial score (nSPS) is 11.2. The van der Waals surface area contributed by atoms with Crippen LogP contribution in [0.15, 0.2) is 56.3 Å². The van der Waals surface area contributed by atoms with Crippen molar-refractivity contribution in [3.05, 3.63) is 51.4 Å². The van der Waals surface area contributed by atoms with Crippen molar-refractivity contribution in [2.24, 2.45) is 0 Å². The highest BCUT2D eigenvalue weighted by Crippen LogP contribution is 2.32. The minimum absolute atomic E-state index is 0.188. The van der Waals surface area contributed by atoms with Crippen LogP contribution in [0.3, 0.4) is 0 Å². The van der Waals surface area contributed by atoms with Crippen molar-refractivity contribution in [2.45, 2.75) is 4.90 Å². The first-order valence-corrected chi connectivity index (χ1v) is 8.97. The van der Waals surface area contributed by atoms with Crippen LogP contribution in [0.1, 0.15) is 0 Å². The summed E-state index contributed by atoms with van der Waals surface area (Å²) in [6.45, 7) is 0. The lowest BCUT2D eigenvalue weighted by atomic mass is 10.3. The Morgan fingerprint density at radius 2 is 1.71 bits per heavy atom. The number of para-hydroxylation sites is 1. The summed E-state index contributed by atoms with van der Waals surface area (Å²) in [6, 6.07) is 11.8. The molecule has 2 rings (SSSR count). The third-order valence-electron chi connectivity index (χ3n) is 2.97. The summed E-state index contributed by atoms with van der Waals surface area (Å²) in [7, 11) is -0.594. The molecule has 2 aromatic rings. The second-order valence-corrected chi connectivity index (χ2v) is 7.90. The Balaban J connectivity index is 2.47. The van der Waals surface area contributed by atoms with E-state index in [1.54, 1.807) is 24.3 Å². The van der Waals surface area contributed by atoms with Crippen molar-refractivity contribution in [2.75, 3.05) is 18.5 Å². The third kappa shape index (κ3) is 3.25. The van der Waals surface area contributed by atoms with Gasteiger partial charge in [0, 0.05) is 11.5 Å². The van der Waals surface area contributed by atoms with Gasteiger partial charge in [0.25, 0.3) is 10.0 Å². The molecule has 0 aliphatic rings. The van der Waals surface area contributed by atoms with Gasteiger partial charge in [0.15, 0.2) is 0 Å². The van der Waals surface area contributed by atoms with E-state index in [1.165, 1.54) is 30.6 Å². The molecular formula is C14H13Br2NO3S. The number of hydrogen-bond acceptors (Lipinski definition) is 3. The van der Waals surface area contributed by atoms with Crippen molar-refractivity contribution in [3.63, 3.8) is 0 Å². The molecule has 0 heterocycles. The monoisotopic (exact) mass is 433 g/mol. The van der Waals surface area contributed by atoms with Crippen LogP contribution >= 0.6 is 31.9 Å². The number of ether oxygens (including phenoxy) is 1. The van der Waals surface area contributed by atoms with E-state index in [0.717, 1.165) is 0 Å². The predicted octanol–water partition coefficient (Wildman–Crippen LogP) is 4.05. The molecule has 0 amide bonds. The van der Waals surface area contributed by atoms with Gasteiger partial charge in [-0.15, -0.1) is 0 Å². The number of nitrogens with zero attached hydrogens (tertiary/aromatic N) is 1. The zero-order chi connectivity index (χ0) is 15.6. The molecule has 0 aromatic heterocycles. The standard InChI is InChI=1S/C14H13Br2NO3S/c1-17(13-6-4-3-5-11(13)15)21(18,19)10-7-8-14(20-2)12(16)9-10/h3-9H,1-2H3. The molecular weight excluding hydrogens is 422 g/mol. The van der Waals surface area contributed by atoms with Gasteiger partial charge in [0.05, 0.1) is 22.2 Å². The molecule has 0 aliphatic heterocycles. The van der Waals surface area contributed by atoms with Gasteiger partial charge in [-0.05, 0) is 62.2 Å². The fourth-order valence-electron chi connectivity index (χ4n) is 1.80. The van der Waals surface area contributed by atoms with Crippen LogP contribution in [0, 0.1) is 0 Å². The quantitative estimate of drug-likeness (QED) is 0.729. The van der Waals surface area contributed by atoms with Gasteiger partial charge in [-0.1, -0.05) is 12.1 Å². The fraction of sp³-hybridized carbons (Fsp3) is 0.143. The van der Waals surface area contributed by atoms with Crippen LogP contribution in [0.25, 0.3) is 0 Å². The summed E-state index contributed by atoms with van der Waals surface area (Å²) >= 11 is 6.67. The van der Waals surface area contributed by atoms with Crippen molar-refractivity contribution >= 4 is 47.6 Å². The number of methoxy groups -OCH3 is 1. The molecule has 0 radical (unpaired) electrons. The molecule has 2 aromatic carbocycles. The number of sulfonamides is 1. The van der Waals surface area contributed by atoms with E-state index in [2.05, 4.69) is 31.9 Å². The Hall–Kier alpha value is -1.05. The predicted molar refractivity (Wildman–Crippen MR) is 90.4 cm³/mol. The number of benzene rings is 2. The maximum atomic E-state index is 12.7. The summed E-state index contributed by atoms with van der Waals surface area (Å²) in [5.41, 5.74) is 0.574. The molecule has 0 saturated carbocycles. The Labute approximate surface area is 141 Å². The van der Waals surface area contributed by atoms with Crippen molar-refractivity contribution in [1.29, 1.82) is 0 Å². The van der Waals surface area contributed by atoms with Gasteiger partial charge < -0.3 is 4.74 Å². The highest BCUT2D eigenvalue weighted by atomic mass is 79.9. The lowest BCUT2D eigenvalue weighted by Crippen LogP contribution is -2.26. The number of hydrogen-bond donors (Lipinski definition) is 0. The molecule has 0 bridgehead atoms. The van der Waals surface area contributed by atoms with E-state index in [1.807, 2.05) is 6.07 Å². The fourth-order valence-corrected chi connectivity index (χ4v) is 4.40. The second-order valence-electron chi connectivity index (χ2n) is 4.22. The van der Waals surface area contributed by atoms with E-state index in [9.17, 15) is 8.42 Å². The van der Waals surface area contributed by atoms with Crippen LogP contribution in [0.4, 0.5) is 5.69 Å². The Bertz CT molecular complexity index is 763. The average Bonchev–Trinajstić information content (AvgIpc) is 2.47. The zero-order valence-corrected chi connectivity index (χ0v) is 15.4. The lowest BCUT2D eigenvalue weighted by Gasteiger charge is -2.21. The molecule has 7 heteroatoms. The largest absolute Gasteiger partial charge is 0.496 e. The number of halogens is 2. The van der Waals surface area contributed by atoms with Crippen LogP contribution in [0.5, 0.6) is 5.75 Å². The van der Waals surface area contributed by atoms with Gasteiger partial charge in [-0.25, -0.2) is 8.42 Å². The molecule has 112 valence electrons. The molecule has 0 atom stereocenters. The van der Waals surface area contributed by atoms with E-state index in [4.69, 9.17) is 4.74 Å². The topological polar surface area (TPSA) is 46.6 Å². The molecule has 0 spiro atoms. The highest BCUT2D eigenvalue weighted by molar-refractivity contribution is 9.11. The van der Waals surface area contributed by atoms with Gasteiger partial charge in [-0.2, -0.15) is 0 Å². The van der Waals surface area contributed by atoms with E-state index >= 15 is 0 Å². The minimum Gasteiger partial charge on any atom is -0.496 e. The first kappa shape index (κ1) is 16.3. The van der Waals surface area contributed by atoms with Crippen molar-refractivity contribution in [1.82, 2.24) is 0 Å². The maximum Gasteiger partial charge on any atom is 0.264 e. The van der Waals surface area contributed by atoms with Gasteiger partial charge in [-0.3, -0.25) is 4.31 Å². The first-order chi connectivity index (χ1) is 9.87. The molecule has 0 fully saturated rings. The lowest BCUT2D eigenvalue weighted by molar-refractivity contribution is 0.411. The smallest absolute Gasteiger partial charge is 0.264 e. The van der Waals surface area contributed by atoms with Gasteiger partial charge in [0.2, 0.25) is 0 Å². The molecule has 4 nitrogen and oxygen atoms in total. The minimum atomic E-state index is -3.64. The molecule has 21 heavy (non-hydrogen) atoms. The summed E-state index contributed by atoms with van der Waals surface area (Å²) in [6.07, 6.45) is 0. The Morgan fingerprint density at radius 3 is 2.29 bits per heavy atom. The summed E-state index contributed by atoms with van der Waals surface area (Å²) in [5.74, 6) is 0.581. The molecule has 0 saturated heterocycles. The summed E-state index contributed by atoms with van der Waals surface area (Å²) in [4.78, 5) is 0.188. The molecule has 0 N–H and O–H groups in total. The first-order valence-electron chi connectivity index (χ1n) is 5.95. The van der Waals surface area contributed by atoms with Crippen LogP contribution in [0.2, 0.25) is 0 Å². The van der Waals surface area contributed by atoms with E-state index < -0.39 is 10.0 Å². The van der Waals surface area contributed by atoms with E-state index in [-0.39, 0.29) is 4.90 Å². The Morgan fingerprint density at radius 1 is 1.05 bits per heavy atom. The maximum absolute atomic E-state index is 12.7. The third-order valence-corrected chi connectivity index (χ3v) is 6.03. The zero-order valence-electron chi connectivity index (χ0n) is 11.4. The van der Waals surface area contributed by atoms with E-state index in [0.29, 0.717) is 20.4 Å². The second kappa shape index (κ2) is 6.37. The summed E-state index contributed by atoms with van der Waals surface area (Å²) < 4.78 is 33.0. The van der Waals surface area contributed by atoms with Crippen molar-refractivity contribution < 1.29 is 13.2 Å². The average molecular weight is 435 g/mol. The molecule has 0 aliphatic carbocycles. The van der Waals surface area contributed by atoms with Gasteiger partial charge in [0.1, 0.15) is 5.75 Å². The van der Waals surface area contributed by atoms with Crippen molar-refractivity contribution in [3.8, 4) is 5.75 Å². The highest BCUT2D eigenvalue weighted by Gasteiger charge is 2.23. The van der Waals surface area contributed by atoms with Crippen LogP contribution < -0.4 is 9.04 Å². The van der Waals surface area contributed by atoms with Crippen LogP contribution in [-0.2, 0) is 10.0 Å². The molecule has 0 unspecified atom stereocenters. The number of anilines is 1. The van der Waals surface area contributed by atoms with Crippen LogP contribution in [-0.4, -0.2) is 22.6 Å². The summed E-state index contributed by atoms with van der Waals surface area (Å²) in [5, 5.41) is 0.